The third-order valence-corrected chi connectivity index (χ3v) is 7.65. The van der Waals surface area contributed by atoms with E-state index in [0.29, 0.717) is 28.6 Å². The predicted molar refractivity (Wildman–Crippen MR) is 175 cm³/mol. The van der Waals surface area contributed by atoms with Crippen molar-refractivity contribution < 1.29 is 43.6 Å². The molecule has 1 aromatic carbocycles. The summed E-state index contributed by atoms with van der Waals surface area (Å²) in [7, 11) is 8.98. The van der Waals surface area contributed by atoms with Crippen molar-refractivity contribution in [2.75, 3.05) is 47.2 Å². The van der Waals surface area contributed by atoms with E-state index >= 15 is 0 Å². The Morgan fingerprint density at radius 2 is 1.84 bits per heavy atom. The van der Waals surface area contributed by atoms with Crippen LogP contribution in [0.4, 0.5) is 16.2 Å². The summed E-state index contributed by atoms with van der Waals surface area (Å²) >= 11 is 0. The molecule has 12 nitrogen and oxygen atoms in total. The van der Waals surface area contributed by atoms with E-state index in [0.717, 1.165) is 0 Å². The molecule has 0 saturated carbocycles. The maximum atomic E-state index is 13.1. The van der Waals surface area contributed by atoms with Gasteiger partial charge in [0, 0.05) is 37.3 Å². The minimum atomic E-state index is -0.990. The topological polar surface area (TPSA) is 173 Å². The Hall–Kier alpha value is -3.71. The predicted octanol–water partition coefficient (Wildman–Crippen LogP) is 3.97. The number of hydrogen-bond acceptors (Lipinski definition) is 9. The fourth-order valence-corrected chi connectivity index (χ4v) is 5.12. The van der Waals surface area contributed by atoms with E-state index in [1.165, 1.54) is 26.4 Å². The molecule has 0 unspecified atom stereocenters. The lowest BCUT2D eigenvalue weighted by atomic mass is 9.87. The number of rotatable bonds is 6. The Kier molecular flexibility index (Phi) is 13.8. The molecule has 250 valence electrons. The van der Waals surface area contributed by atoms with Crippen molar-refractivity contribution in [1.82, 2.24) is 0 Å². The van der Waals surface area contributed by atoms with Crippen molar-refractivity contribution in [3.63, 3.8) is 0 Å². The number of nitrogens with one attached hydrogen (secondary N) is 1. The van der Waals surface area contributed by atoms with Crippen LogP contribution in [0.1, 0.15) is 39.7 Å². The summed E-state index contributed by atoms with van der Waals surface area (Å²) in [6, 6.07) is 1.27. The first-order chi connectivity index (χ1) is 21.0. The van der Waals surface area contributed by atoms with E-state index in [4.69, 9.17) is 19.9 Å². The number of carbonyl (C=O) groups is 2. The number of quaternary nitrogens is 1. The SMILES string of the molecule is CO[C@H]1C=CC=C(C)C(=O)Nc2cc(O)c(N=CC[N+](C)(C)C)c(c2O)C[C@@H](C)C[C@H](OC)[C@H](O)[C@@H](C)C=C(C)[C@@H]1OC(N)=O. The molecule has 0 radical (unpaired) electrons. The molecule has 1 aliphatic heterocycles. The monoisotopic (exact) mass is 631 g/mol. The van der Waals surface area contributed by atoms with Crippen LogP contribution in [0.3, 0.4) is 0 Å². The van der Waals surface area contributed by atoms with Gasteiger partial charge in [0.1, 0.15) is 29.8 Å². The quantitative estimate of drug-likeness (QED) is 0.103. The van der Waals surface area contributed by atoms with Gasteiger partial charge in [-0.3, -0.25) is 9.79 Å². The first-order valence-corrected chi connectivity index (χ1v) is 14.9. The smallest absolute Gasteiger partial charge is 0.405 e. The van der Waals surface area contributed by atoms with Crippen molar-refractivity contribution in [3.05, 3.63) is 47.1 Å². The number of nitrogens with two attached hydrogens (primary N) is 1. The number of carbonyl (C=O) groups excluding carboxylic acids is 2. The molecule has 6 N–H and O–H groups in total. The number of fused-ring (bicyclic) bond motifs is 2. The van der Waals surface area contributed by atoms with Crippen molar-refractivity contribution in [3.8, 4) is 11.5 Å². The third-order valence-electron chi connectivity index (χ3n) is 7.65. The summed E-state index contributed by atoms with van der Waals surface area (Å²) in [6.45, 7) is 7.67. The summed E-state index contributed by atoms with van der Waals surface area (Å²) in [5.74, 6) is -1.51. The zero-order valence-corrected chi connectivity index (χ0v) is 27.9. The van der Waals surface area contributed by atoms with Crippen molar-refractivity contribution >= 4 is 29.6 Å². The van der Waals surface area contributed by atoms with E-state index in [1.807, 2.05) is 35.0 Å². The Bertz CT molecular complexity index is 1310. The molecule has 12 heteroatoms. The number of amides is 2. The minimum Gasteiger partial charge on any atom is -0.506 e. The van der Waals surface area contributed by atoms with Crippen molar-refractivity contribution in [2.24, 2.45) is 22.6 Å². The summed E-state index contributed by atoms with van der Waals surface area (Å²) in [6.07, 6.45) is 4.64. The zero-order valence-electron chi connectivity index (χ0n) is 27.9. The van der Waals surface area contributed by atoms with Crippen LogP contribution >= 0.6 is 0 Å². The van der Waals surface area contributed by atoms with Crippen LogP contribution in [0.5, 0.6) is 11.5 Å². The lowest BCUT2D eigenvalue weighted by Crippen LogP contribution is -2.37. The van der Waals surface area contributed by atoms with Gasteiger partial charge in [0.2, 0.25) is 0 Å². The van der Waals surface area contributed by atoms with Gasteiger partial charge in [-0.05, 0) is 38.2 Å². The molecule has 1 aromatic rings. The van der Waals surface area contributed by atoms with Gasteiger partial charge < -0.3 is 45.1 Å². The van der Waals surface area contributed by atoms with Crippen molar-refractivity contribution in [2.45, 2.75) is 65.0 Å². The number of ether oxygens (including phenoxy) is 3. The highest BCUT2D eigenvalue weighted by atomic mass is 16.6. The van der Waals surface area contributed by atoms with Crippen LogP contribution in [0.2, 0.25) is 0 Å². The molecule has 1 heterocycles. The average molecular weight is 632 g/mol. The third kappa shape index (κ3) is 11.0. The summed E-state index contributed by atoms with van der Waals surface area (Å²) in [5, 5.41) is 36.4. The second-order valence-corrected chi connectivity index (χ2v) is 12.7. The standard InChI is InChI=1S/C33H50N4O8/c1-19-15-23-28(35-13-14-37(5,6)7)25(38)18-24(30(23)40)36-32(41)20(2)11-10-12-26(43-8)31(45-33(34)42)22(4)17-21(3)29(39)27(16-19)44-9/h10-13,17-19,21,26-27,29,31,39H,14-16H2,1-9H3,(H4-,34,36,38,40,41,42)/p+1/t19-,21+,26+,27+,29-,31+/m1/s1. The highest BCUT2D eigenvalue weighted by Crippen LogP contribution is 2.44. The maximum Gasteiger partial charge on any atom is 0.405 e. The molecular formula is C33H51N4O8+. The number of benzene rings is 1. The molecule has 1 aliphatic rings. The summed E-state index contributed by atoms with van der Waals surface area (Å²) in [4.78, 5) is 29.4. The van der Waals surface area contributed by atoms with Crippen LogP contribution < -0.4 is 11.1 Å². The number of aliphatic imine (C=N–C) groups is 1. The van der Waals surface area contributed by atoms with Gasteiger partial charge in [-0.1, -0.05) is 38.2 Å². The number of allylic oxidation sites excluding steroid dienone is 2. The number of aliphatic hydroxyl groups is 1. The number of anilines is 1. The molecule has 0 aromatic heterocycles. The summed E-state index contributed by atoms with van der Waals surface area (Å²) in [5.41, 5.74) is 6.85. The van der Waals surface area contributed by atoms with Gasteiger partial charge in [0.25, 0.3) is 5.91 Å². The number of phenolic OH excluding ortho intramolecular Hbond substituents is 2. The van der Waals surface area contributed by atoms with Crippen molar-refractivity contribution in [1.29, 1.82) is 0 Å². The number of aliphatic hydroxyl groups excluding tert-OH is 1. The molecule has 2 rings (SSSR count). The molecule has 2 amide bonds. The lowest BCUT2D eigenvalue weighted by Gasteiger charge is -2.29. The largest absolute Gasteiger partial charge is 0.506 e. The molecular weight excluding hydrogens is 580 g/mol. The summed E-state index contributed by atoms with van der Waals surface area (Å²) < 4.78 is 17.3. The van der Waals surface area contributed by atoms with E-state index in [9.17, 15) is 24.9 Å². The molecule has 0 aliphatic carbocycles. The molecule has 0 spiro atoms. The normalized spacial score (nSPS) is 25.9. The van der Waals surface area contributed by atoms with Gasteiger partial charge in [0.15, 0.2) is 6.10 Å². The second-order valence-electron chi connectivity index (χ2n) is 12.7. The molecule has 45 heavy (non-hydrogen) atoms. The number of methoxy groups -OCH3 is 2. The zero-order chi connectivity index (χ0) is 34.1. The Morgan fingerprint density at radius 3 is 2.42 bits per heavy atom. The van der Waals surface area contributed by atoms with E-state index < -0.39 is 42.3 Å². The average Bonchev–Trinajstić information content (AvgIpc) is 2.95. The number of hydrogen-bond donors (Lipinski definition) is 5. The Morgan fingerprint density at radius 1 is 1.18 bits per heavy atom. The number of nitrogens with zero attached hydrogens (tertiary/aromatic N) is 2. The van der Waals surface area contributed by atoms with Gasteiger partial charge in [-0.2, -0.15) is 0 Å². The van der Waals surface area contributed by atoms with E-state index in [-0.39, 0.29) is 40.8 Å². The fourth-order valence-electron chi connectivity index (χ4n) is 5.12. The van der Waals surface area contributed by atoms with Gasteiger partial charge >= 0.3 is 6.09 Å². The van der Waals surface area contributed by atoms with E-state index in [1.54, 1.807) is 38.3 Å². The van der Waals surface area contributed by atoms with Crippen LogP contribution in [0, 0.1) is 11.8 Å². The molecule has 0 fully saturated rings. The Labute approximate surface area is 266 Å². The Balaban J connectivity index is 2.69. The number of phenols is 2. The maximum absolute atomic E-state index is 13.1. The lowest BCUT2D eigenvalue weighted by molar-refractivity contribution is -0.860. The van der Waals surface area contributed by atoms with Crippen LogP contribution in [0.15, 0.2) is 46.5 Å². The van der Waals surface area contributed by atoms with Gasteiger partial charge in [0.05, 0.1) is 45.3 Å². The van der Waals surface area contributed by atoms with Crippen LogP contribution in [0.25, 0.3) is 0 Å². The first kappa shape index (κ1) is 37.5. The fraction of sp³-hybridized carbons (Fsp3) is 0.545. The van der Waals surface area contributed by atoms with E-state index in [2.05, 4.69) is 10.3 Å². The van der Waals surface area contributed by atoms with Gasteiger partial charge in [-0.25, -0.2) is 4.79 Å². The number of primary amides is 1. The number of aromatic hydroxyl groups is 2. The molecule has 0 saturated heterocycles. The highest BCUT2D eigenvalue weighted by Gasteiger charge is 2.30. The first-order valence-electron chi connectivity index (χ1n) is 14.9. The highest BCUT2D eigenvalue weighted by molar-refractivity contribution is 6.04. The van der Waals surface area contributed by atoms with Crippen LogP contribution in [-0.2, 0) is 25.4 Å². The minimum absolute atomic E-state index is 0.0290. The molecule has 6 atom stereocenters. The second kappa shape index (κ2) is 16.6. The van der Waals surface area contributed by atoms with Gasteiger partial charge in [-0.15, -0.1) is 0 Å². The molecule has 2 bridgehead atoms. The van der Waals surface area contributed by atoms with Crippen LogP contribution in [-0.4, -0.2) is 104 Å².